The maximum Gasteiger partial charge on any atom is 3.00 e. The van der Waals surface area contributed by atoms with E-state index in [0.717, 1.165) is 47.6 Å². The largest absolute Gasteiger partial charge is 3.00 e. The van der Waals surface area contributed by atoms with Crippen molar-refractivity contribution in [3.8, 4) is 22.5 Å². The Labute approximate surface area is 421 Å². The summed E-state index contributed by atoms with van der Waals surface area (Å²) in [5.74, 6) is 3.22. The van der Waals surface area contributed by atoms with E-state index in [1.807, 2.05) is 12.1 Å². The zero-order valence-electron chi connectivity index (χ0n) is 42.5. The summed E-state index contributed by atoms with van der Waals surface area (Å²) in [4.78, 5) is 9.79. The average Bonchev–Trinajstić information content (AvgIpc) is 3.82. The normalized spacial score (nSPS) is 12.1. The van der Waals surface area contributed by atoms with Crippen LogP contribution in [0.2, 0.25) is 19.6 Å². The summed E-state index contributed by atoms with van der Waals surface area (Å²) in [6.07, 6.45) is 2.56. The Kier molecular flexibility index (Phi) is 22.5. The minimum Gasteiger partial charge on any atom is -0.436 e. The first-order chi connectivity index (χ1) is 30.3. The van der Waals surface area contributed by atoms with Crippen LogP contribution in [0.5, 0.6) is 0 Å². The Morgan fingerprint density at radius 3 is 0.969 bits per heavy atom. The molecule has 7 rings (SSSR count). The SMILES string of the molecule is C1CCOC1.Cc1cccc(C)c1-c1cccc([N-]c2c(C(C)C)cccc2C(C)C)n1.Cc1cccc(C)c1-c1cccc([N-]c2c(C(C)C)cccc2C(C)C)n1.[CH2-][Si](C)(C)C.[Y+3]. The van der Waals surface area contributed by atoms with Gasteiger partial charge < -0.3 is 31.9 Å². The number of benzene rings is 4. The van der Waals surface area contributed by atoms with Gasteiger partial charge in [-0.2, -0.15) is 0 Å². The number of rotatable bonds is 10. The van der Waals surface area contributed by atoms with Gasteiger partial charge in [-0.25, -0.2) is 0 Å². The molecular formula is C58H77N4OSiY. The Bertz CT molecular complexity index is 2130. The molecule has 5 nitrogen and oxygen atoms in total. The first kappa shape index (κ1) is 55.4. The number of nitrogens with zero attached hydrogens (tertiary/aromatic N) is 4. The predicted octanol–water partition coefficient (Wildman–Crippen LogP) is 18.4. The number of aromatic nitrogens is 2. The van der Waals surface area contributed by atoms with E-state index in [9.17, 15) is 0 Å². The molecule has 4 aromatic carbocycles. The van der Waals surface area contributed by atoms with E-state index >= 15 is 0 Å². The minimum atomic E-state index is -0.861. The quantitative estimate of drug-likeness (QED) is 0.101. The second kappa shape index (κ2) is 26.4. The molecule has 0 bridgehead atoms. The smallest absolute Gasteiger partial charge is 0.436 e. The Morgan fingerprint density at radius 2 is 0.723 bits per heavy atom. The molecule has 6 aromatic rings. The first-order valence-electron chi connectivity index (χ1n) is 23.5. The number of ether oxygens (including phenoxy) is 1. The molecule has 342 valence electrons. The fourth-order valence-corrected chi connectivity index (χ4v) is 7.71. The van der Waals surface area contributed by atoms with E-state index in [4.69, 9.17) is 25.3 Å². The first-order valence-corrected chi connectivity index (χ1v) is 27.2. The standard InChI is InChI=1S/2C25H29N2.C4H8O.C4H11Si.Y/c2*1-16(2)20-12-8-13-21(17(3)4)25(20)27-23-15-9-14-22(26-23)24-18(5)10-7-11-19(24)6;1-2-4-5-3-1;1-5(2,3)4;/h2*7-17H,1-6H3;1-4H2;1H2,2-4H3;/q2*-1;;-1;+3. The second-order valence-electron chi connectivity index (χ2n) is 19.6. The van der Waals surface area contributed by atoms with Crippen LogP contribution in [0.1, 0.15) is 136 Å². The van der Waals surface area contributed by atoms with Crippen LogP contribution >= 0.6 is 0 Å². The van der Waals surface area contributed by atoms with Gasteiger partial charge in [0.05, 0.1) is 0 Å². The number of hydrogen-bond acceptors (Lipinski definition) is 3. The number of hydrogen-bond donors (Lipinski definition) is 0. The van der Waals surface area contributed by atoms with E-state index in [1.54, 1.807) is 0 Å². The summed E-state index contributed by atoms with van der Waals surface area (Å²) >= 11 is 0. The van der Waals surface area contributed by atoms with Gasteiger partial charge in [0.2, 0.25) is 0 Å². The van der Waals surface area contributed by atoms with Crippen LogP contribution < -0.4 is 0 Å². The van der Waals surface area contributed by atoms with Gasteiger partial charge in [0, 0.05) is 13.2 Å². The van der Waals surface area contributed by atoms with Crippen molar-refractivity contribution in [2.75, 3.05) is 13.2 Å². The Balaban J connectivity index is 0.000000281. The van der Waals surface area contributed by atoms with Crippen LogP contribution in [-0.2, 0) is 37.4 Å². The summed E-state index contributed by atoms with van der Waals surface area (Å²) in [6, 6.07) is 38.0. The molecular weight excluding hydrogens is 886 g/mol. The van der Waals surface area contributed by atoms with Crippen molar-refractivity contribution in [2.45, 2.75) is 139 Å². The van der Waals surface area contributed by atoms with Crippen molar-refractivity contribution in [1.82, 2.24) is 9.97 Å². The molecule has 1 fully saturated rings. The van der Waals surface area contributed by atoms with E-state index in [2.05, 4.69) is 206 Å². The van der Waals surface area contributed by atoms with Crippen molar-refractivity contribution in [2.24, 2.45) is 0 Å². The van der Waals surface area contributed by atoms with E-state index in [1.165, 1.54) is 68.5 Å². The van der Waals surface area contributed by atoms with Crippen LogP contribution in [0.15, 0.2) is 109 Å². The van der Waals surface area contributed by atoms with E-state index < -0.39 is 8.07 Å². The van der Waals surface area contributed by atoms with Gasteiger partial charge in [0.15, 0.2) is 0 Å². The second-order valence-corrected chi connectivity index (χ2v) is 24.7. The molecule has 2 aromatic heterocycles. The third-order valence-electron chi connectivity index (χ3n) is 10.9. The third kappa shape index (κ3) is 17.0. The summed E-state index contributed by atoms with van der Waals surface area (Å²) in [7, 11) is -0.861. The molecule has 0 N–H and O–H groups in total. The monoisotopic (exact) mass is 962 g/mol. The molecule has 0 spiro atoms. The molecule has 65 heavy (non-hydrogen) atoms. The Hall–Kier alpha value is -3.94. The summed E-state index contributed by atoms with van der Waals surface area (Å²) in [5, 5.41) is 10.0. The summed E-state index contributed by atoms with van der Waals surface area (Å²) < 4.78 is 4.94. The maximum atomic E-state index is 5.02. The predicted molar refractivity (Wildman–Crippen MR) is 282 cm³/mol. The molecule has 1 aliphatic heterocycles. The van der Waals surface area contributed by atoms with Crippen LogP contribution in [0.3, 0.4) is 0 Å². The zero-order valence-corrected chi connectivity index (χ0v) is 46.3. The summed E-state index contributed by atoms with van der Waals surface area (Å²) in [5.41, 5.74) is 16.6. The fourth-order valence-electron chi connectivity index (χ4n) is 7.71. The van der Waals surface area contributed by atoms with Crippen molar-refractivity contribution in [3.05, 3.63) is 171 Å². The molecule has 0 amide bonds. The topological polar surface area (TPSA) is 63.2 Å². The van der Waals surface area contributed by atoms with Crippen LogP contribution in [0, 0.1) is 34.2 Å². The van der Waals surface area contributed by atoms with Crippen LogP contribution in [0.4, 0.5) is 23.0 Å². The zero-order chi connectivity index (χ0) is 47.1. The molecule has 0 aliphatic carbocycles. The van der Waals surface area contributed by atoms with Crippen LogP contribution in [-0.4, -0.2) is 31.3 Å². The third-order valence-corrected chi connectivity index (χ3v) is 10.9. The minimum absolute atomic E-state index is 0. The van der Waals surface area contributed by atoms with E-state index in [-0.39, 0.29) is 32.7 Å². The molecule has 1 saturated heterocycles. The molecule has 1 aliphatic rings. The number of pyridine rings is 2. The Morgan fingerprint density at radius 1 is 0.462 bits per heavy atom. The van der Waals surface area contributed by atoms with Gasteiger partial charge in [-0.15, -0.1) is 8.07 Å². The molecule has 0 atom stereocenters. The van der Waals surface area contributed by atoms with Gasteiger partial charge in [0.1, 0.15) is 0 Å². The molecule has 3 heterocycles. The van der Waals surface area contributed by atoms with Crippen LogP contribution in [0.25, 0.3) is 33.1 Å². The fraction of sp³-hybridized carbons (Fsp3) is 0.397. The van der Waals surface area contributed by atoms with Crippen molar-refractivity contribution in [3.63, 3.8) is 0 Å². The molecule has 0 saturated carbocycles. The van der Waals surface area contributed by atoms with Gasteiger partial charge in [-0.3, -0.25) is 0 Å². The number of aryl methyl sites for hydroxylation is 4. The van der Waals surface area contributed by atoms with Crippen molar-refractivity contribution < 1.29 is 37.4 Å². The molecule has 0 radical (unpaired) electrons. The van der Waals surface area contributed by atoms with Crippen molar-refractivity contribution >= 4 is 31.1 Å². The molecule has 0 unspecified atom stereocenters. The van der Waals surface area contributed by atoms with Gasteiger partial charge in [0.25, 0.3) is 0 Å². The molecule has 7 heteroatoms. The summed E-state index contributed by atoms with van der Waals surface area (Å²) in [6.45, 7) is 38.9. The van der Waals surface area contributed by atoms with Gasteiger partial charge in [-0.1, -0.05) is 196 Å². The average molecular weight is 963 g/mol. The van der Waals surface area contributed by atoms with Crippen molar-refractivity contribution in [1.29, 1.82) is 0 Å². The van der Waals surface area contributed by atoms with E-state index in [0.29, 0.717) is 23.7 Å². The van der Waals surface area contributed by atoms with Gasteiger partial charge >= 0.3 is 32.7 Å². The maximum absolute atomic E-state index is 5.02. The number of para-hydroxylation sites is 2. The van der Waals surface area contributed by atoms with Gasteiger partial charge in [-0.05, 0) is 143 Å².